The zero-order chi connectivity index (χ0) is 13.8. The second-order valence-electron chi connectivity index (χ2n) is 5.04. The van der Waals surface area contributed by atoms with Crippen LogP contribution in [0.15, 0.2) is 29.2 Å². The second-order valence-corrected chi connectivity index (χ2v) is 6.59. The first-order valence-electron chi connectivity index (χ1n) is 6.35. The summed E-state index contributed by atoms with van der Waals surface area (Å²) < 4.78 is 29.3. The minimum atomic E-state index is -3.66. The Labute approximate surface area is 110 Å². The van der Waals surface area contributed by atoms with Crippen LogP contribution in [0.3, 0.4) is 0 Å². The maximum absolute atomic E-state index is 12.1. The van der Waals surface area contributed by atoms with Gasteiger partial charge in [0.05, 0.1) is 10.5 Å². The average molecular weight is 270 g/mol. The molecule has 0 spiro atoms. The summed E-state index contributed by atoms with van der Waals surface area (Å²) in [4.78, 5) is 0.226. The van der Waals surface area contributed by atoms with Gasteiger partial charge in [0, 0.05) is 0 Å². The van der Waals surface area contributed by atoms with Crippen molar-refractivity contribution in [1.82, 2.24) is 0 Å². The lowest BCUT2D eigenvalue weighted by molar-refractivity contribution is 0.114. The van der Waals surface area contributed by atoms with Crippen molar-refractivity contribution < 1.29 is 12.6 Å². The third-order valence-electron chi connectivity index (χ3n) is 2.94. The van der Waals surface area contributed by atoms with Gasteiger partial charge in [0.15, 0.2) is 0 Å². The van der Waals surface area contributed by atoms with Gasteiger partial charge in [0.1, 0.15) is 0 Å². The van der Waals surface area contributed by atoms with Crippen LogP contribution in [0, 0.1) is 0 Å². The van der Waals surface area contributed by atoms with Crippen molar-refractivity contribution in [2.75, 3.05) is 0 Å². The van der Waals surface area contributed by atoms with Gasteiger partial charge < -0.3 is 0 Å². The first-order valence-corrected chi connectivity index (χ1v) is 7.76. The van der Waals surface area contributed by atoms with E-state index in [2.05, 4.69) is 6.92 Å². The molecule has 0 aliphatic rings. The van der Waals surface area contributed by atoms with E-state index in [0.29, 0.717) is 6.42 Å². The summed E-state index contributed by atoms with van der Waals surface area (Å²) in [5.74, 6) is 0. The molecule has 0 fully saturated rings. The lowest BCUT2D eigenvalue weighted by Gasteiger charge is -2.22. The van der Waals surface area contributed by atoms with Gasteiger partial charge in [0.25, 0.3) is 10.1 Å². The highest BCUT2D eigenvalue weighted by Gasteiger charge is 2.26. The van der Waals surface area contributed by atoms with Crippen LogP contribution in [0.25, 0.3) is 0 Å². The zero-order valence-corrected chi connectivity index (χ0v) is 12.4. The summed E-state index contributed by atoms with van der Waals surface area (Å²) in [5.41, 5.74) is 0.479. The molecule has 0 bridgehead atoms. The molecule has 0 saturated carbocycles. The van der Waals surface area contributed by atoms with Crippen LogP contribution in [0.4, 0.5) is 0 Å². The van der Waals surface area contributed by atoms with Crippen molar-refractivity contribution in [1.29, 1.82) is 0 Å². The maximum Gasteiger partial charge on any atom is 0.297 e. The van der Waals surface area contributed by atoms with Crippen molar-refractivity contribution in [3.8, 4) is 0 Å². The van der Waals surface area contributed by atoms with Crippen LogP contribution in [0.1, 0.15) is 46.1 Å². The molecule has 0 aliphatic carbocycles. The predicted octanol–water partition coefficient (Wildman–Crippen LogP) is 3.53. The highest BCUT2D eigenvalue weighted by atomic mass is 32.2. The van der Waals surface area contributed by atoms with E-state index in [1.54, 1.807) is 26.0 Å². The summed E-state index contributed by atoms with van der Waals surface area (Å²) >= 11 is 0. The Morgan fingerprint density at radius 3 is 2.11 bits per heavy atom. The molecular formula is C14H22O3S. The second kappa shape index (κ2) is 5.85. The first-order chi connectivity index (χ1) is 8.30. The van der Waals surface area contributed by atoms with E-state index in [4.69, 9.17) is 4.18 Å². The van der Waals surface area contributed by atoms with Crippen molar-refractivity contribution in [2.45, 2.75) is 57.5 Å². The Hall–Kier alpha value is -0.870. The smallest absolute Gasteiger partial charge is 0.260 e. The van der Waals surface area contributed by atoms with Gasteiger partial charge in [-0.1, -0.05) is 32.4 Å². The largest absolute Gasteiger partial charge is 0.297 e. The molecule has 0 atom stereocenters. The molecular weight excluding hydrogens is 248 g/mol. The predicted molar refractivity (Wildman–Crippen MR) is 73.1 cm³/mol. The summed E-state index contributed by atoms with van der Waals surface area (Å²) in [6, 6.07) is 6.93. The molecule has 0 heterocycles. The van der Waals surface area contributed by atoms with Gasteiger partial charge in [-0.15, -0.1) is 0 Å². The maximum atomic E-state index is 12.1. The molecule has 4 heteroatoms. The van der Waals surface area contributed by atoms with Crippen LogP contribution >= 0.6 is 0 Å². The van der Waals surface area contributed by atoms with E-state index < -0.39 is 15.7 Å². The number of hydrogen-bond donors (Lipinski definition) is 0. The Balaban J connectivity index is 2.92. The summed E-state index contributed by atoms with van der Waals surface area (Å²) in [6.07, 6.45) is 2.65. The van der Waals surface area contributed by atoms with E-state index in [9.17, 15) is 8.42 Å². The third kappa shape index (κ3) is 4.10. The van der Waals surface area contributed by atoms with E-state index in [1.165, 1.54) is 0 Å². The highest BCUT2D eigenvalue weighted by Crippen LogP contribution is 2.23. The summed E-state index contributed by atoms with van der Waals surface area (Å²) in [7, 11) is -3.66. The molecule has 0 aliphatic heterocycles. The van der Waals surface area contributed by atoms with Crippen molar-refractivity contribution in [2.24, 2.45) is 0 Å². The number of aryl methyl sites for hydroxylation is 1. The average Bonchev–Trinajstić information content (AvgIpc) is 2.29. The molecule has 1 aromatic carbocycles. The molecule has 0 radical (unpaired) electrons. The minimum Gasteiger partial charge on any atom is -0.260 e. The molecule has 18 heavy (non-hydrogen) atoms. The monoisotopic (exact) mass is 270 g/mol. The first kappa shape index (κ1) is 15.2. The van der Waals surface area contributed by atoms with E-state index in [1.807, 2.05) is 19.1 Å². The molecule has 1 rings (SSSR count). The molecule has 1 aromatic rings. The van der Waals surface area contributed by atoms with E-state index in [0.717, 1.165) is 18.4 Å². The normalized spacial score (nSPS) is 12.7. The van der Waals surface area contributed by atoms with E-state index in [-0.39, 0.29) is 4.90 Å². The number of rotatable bonds is 6. The number of benzene rings is 1. The van der Waals surface area contributed by atoms with Gasteiger partial charge >= 0.3 is 0 Å². The lowest BCUT2D eigenvalue weighted by Crippen LogP contribution is -2.27. The van der Waals surface area contributed by atoms with Gasteiger partial charge in [-0.3, -0.25) is 4.18 Å². The third-order valence-corrected chi connectivity index (χ3v) is 4.46. The number of hydrogen-bond acceptors (Lipinski definition) is 3. The Morgan fingerprint density at radius 1 is 1.11 bits per heavy atom. The molecule has 0 N–H and O–H groups in total. The molecule has 102 valence electrons. The molecule has 3 nitrogen and oxygen atoms in total. The van der Waals surface area contributed by atoms with Crippen LogP contribution in [-0.4, -0.2) is 14.0 Å². The molecule has 0 aromatic heterocycles. The fourth-order valence-corrected chi connectivity index (χ4v) is 2.79. The van der Waals surface area contributed by atoms with Gasteiger partial charge in [-0.25, -0.2) is 0 Å². The van der Waals surface area contributed by atoms with Crippen molar-refractivity contribution in [3.05, 3.63) is 29.8 Å². The van der Waals surface area contributed by atoms with Crippen LogP contribution < -0.4 is 0 Å². The fraction of sp³-hybridized carbons (Fsp3) is 0.571. The van der Waals surface area contributed by atoms with Gasteiger partial charge in [0.2, 0.25) is 0 Å². The minimum absolute atomic E-state index is 0.226. The quantitative estimate of drug-likeness (QED) is 0.743. The van der Waals surface area contributed by atoms with Gasteiger partial charge in [-0.2, -0.15) is 8.42 Å². The van der Waals surface area contributed by atoms with Crippen LogP contribution in [0.5, 0.6) is 0 Å². The standard InChI is InChI=1S/C14H22O3S/c1-5-7-12-8-10-13(11-9-12)18(15,16)17-14(3,4)6-2/h8-11H,5-7H2,1-4H3. The Bertz CT molecular complexity index is 472. The fourth-order valence-electron chi connectivity index (χ4n) is 1.52. The SMILES string of the molecule is CCCc1ccc(S(=O)(=O)OC(C)(C)CC)cc1. The van der Waals surface area contributed by atoms with Crippen LogP contribution in [-0.2, 0) is 20.7 Å². The summed E-state index contributed by atoms with van der Waals surface area (Å²) in [5, 5.41) is 0. The topological polar surface area (TPSA) is 43.4 Å². The zero-order valence-electron chi connectivity index (χ0n) is 11.6. The van der Waals surface area contributed by atoms with Crippen LogP contribution in [0.2, 0.25) is 0 Å². The lowest BCUT2D eigenvalue weighted by atomic mass is 10.1. The van der Waals surface area contributed by atoms with Crippen molar-refractivity contribution >= 4 is 10.1 Å². The Kier molecular flexibility index (Phi) is 4.93. The van der Waals surface area contributed by atoms with Gasteiger partial charge in [-0.05, 0) is 44.4 Å². The molecule has 0 amide bonds. The highest BCUT2D eigenvalue weighted by molar-refractivity contribution is 7.86. The van der Waals surface area contributed by atoms with Crippen molar-refractivity contribution in [3.63, 3.8) is 0 Å². The van der Waals surface area contributed by atoms with E-state index >= 15 is 0 Å². The summed E-state index contributed by atoms with van der Waals surface area (Å²) in [6.45, 7) is 7.55. The molecule has 0 unspecified atom stereocenters. The molecule has 0 saturated heterocycles. The Morgan fingerprint density at radius 2 is 1.67 bits per heavy atom.